The van der Waals surface area contributed by atoms with Crippen molar-refractivity contribution in [1.82, 2.24) is 9.97 Å². The number of aromatic carboxylic acids is 1. The first kappa shape index (κ1) is 8.41. The molecule has 0 saturated heterocycles. The number of H-pyrrole nitrogens is 1. The molecule has 0 aromatic carbocycles. The summed E-state index contributed by atoms with van der Waals surface area (Å²) in [7, 11) is 0. The van der Waals surface area contributed by atoms with Crippen molar-refractivity contribution in [2.75, 3.05) is 0 Å². The van der Waals surface area contributed by atoms with Crippen LogP contribution in [0.5, 0.6) is 0 Å². The number of nitrogens with two attached hydrogens (primary N) is 1. The molecule has 0 radical (unpaired) electrons. The first-order valence-electron chi connectivity index (χ1n) is 3.16. The van der Waals surface area contributed by atoms with Gasteiger partial charge in [-0.3, -0.25) is 4.79 Å². The highest BCUT2D eigenvalue weighted by Crippen LogP contribution is 1.96. The zero-order valence-corrected chi connectivity index (χ0v) is 6.07. The second-order valence-electron chi connectivity index (χ2n) is 2.06. The third-order valence-corrected chi connectivity index (χ3v) is 1.34. The van der Waals surface area contributed by atoms with Crippen molar-refractivity contribution in [2.45, 2.75) is 6.54 Å². The molecule has 0 bridgehead atoms. The van der Waals surface area contributed by atoms with Gasteiger partial charge in [0.1, 0.15) is 5.56 Å². The minimum absolute atomic E-state index is 0.0639. The topological polar surface area (TPSA) is 109 Å². The van der Waals surface area contributed by atoms with Gasteiger partial charge >= 0.3 is 5.97 Å². The Hall–Kier alpha value is -1.69. The van der Waals surface area contributed by atoms with Crippen molar-refractivity contribution < 1.29 is 9.90 Å². The molecule has 0 aliphatic carbocycles. The van der Waals surface area contributed by atoms with Crippen LogP contribution >= 0.6 is 0 Å². The predicted octanol–water partition coefficient (Wildman–Crippen LogP) is -1.07. The van der Waals surface area contributed by atoms with E-state index in [2.05, 4.69) is 9.97 Å². The van der Waals surface area contributed by atoms with E-state index < -0.39 is 11.5 Å². The van der Waals surface area contributed by atoms with E-state index in [1.54, 1.807) is 0 Å². The maximum absolute atomic E-state index is 10.9. The lowest BCUT2D eigenvalue weighted by molar-refractivity contribution is 0.0693. The summed E-state index contributed by atoms with van der Waals surface area (Å²) in [6.45, 7) is -0.0639. The van der Waals surface area contributed by atoms with E-state index in [-0.39, 0.29) is 17.8 Å². The molecule has 1 rings (SSSR count). The number of carboxylic acid groups (broad SMARTS) is 1. The van der Waals surface area contributed by atoms with Gasteiger partial charge in [-0.2, -0.15) is 0 Å². The van der Waals surface area contributed by atoms with Gasteiger partial charge in [-0.1, -0.05) is 0 Å². The van der Waals surface area contributed by atoms with Crippen LogP contribution in [0.3, 0.4) is 0 Å². The van der Waals surface area contributed by atoms with E-state index in [0.29, 0.717) is 0 Å². The fraction of sp³-hybridized carbons (Fsp3) is 0.167. The normalized spacial score (nSPS) is 9.75. The average molecular weight is 169 g/mol. The van der Waals surface area contributed by atoms with Crippen LogP contribution in [0.25, 0.3) is 0 Å². The molecule has 6 nitrogen and oxygen atoms in total. The van der Waals surface area contributed by atoms with Gasteiger partial charge < -0.3 is 15.8 Å². The van der Waals surface area contributed by atoms with Crippen molar-refractivity contribution in [2.24, 2.45) is 5.73 Å². The minimum Gasteiger partial charge on any atom is -0.477 e. The first-order chi connectivity index (χ1) is 5.66. The number of hydrogen-bond acceptors (Lipinski definition) is 4. The molecule has 0 aliphatic heterocycles. The van der Waals surface area contributed by atoms with Crippen LogP contribution in [0.1, 0.15) is 16.1 Å². The van der Waals surface area contributed by atoms with E-state index in [0.717, 1.165) is 6.33 Å². The fourth-order valence-corrected chi connectivity index (χ4v) is 0.812. The van der Waals surface area contributed by atoms with E-state index >= 15 is 0 Å². The van der Waals surface area contributed by atoms with Crippen molar-refractivity contribution in [3.63, 3.8) is 0 Å². The summed E-state index contributed by atoms with van der Waals surface area (Å²) in [6, 6.07) is 0. The van der Waals surface area contributed by atoms with Gasteiger partial charge in [0.15, 0.2) is 0 Å². The molecule has 12 heavy (non-hydrogen) atoms. The molecule has 0 fully saturated rings. The van der Waals surface area contributed by atoms with Gasteiger partial charge in [0.05, 0.1) is 12.0 Å². The SMILES string of the molecule is NCc1nc[nH]c(=O)c1C(=O)O. The number of nitrogens with one attached hydrogen (secondary N) is 1. The number of aromatic amines is 1. The number of hydrogen-bond donors (Lipinski definition) is 3. The Bertz CT molecular complexity index is 357. The van der Waals surface area contributed by atoms with E-state index in [4.69, 9.17) is 10.8 Å². The van der Waals surface area contributed by atoms with Crippen molar-refractivity contribution >= 4 is 5.97 Å². The second kappa shape index (κ2) is 3.14. The van der Waals surface area contributed by atoms with Gasteiger partial charge in [-0.25, -0.2) is 9.78 Å². The molecule has 0 amide bonds. The second-order valence-corrected chi connectivity index (χ2v) is 2.06. The lowest BCUT2D eigenvalue weighted by Gasteiger charge is -1.98. The largest absolute Gasteiger partial charge is 0.477 e. The van der Waals surface area contributed by atoms with Gasteiger partial charge in [-0.15, -0.1) is 0 Å². The van der Waals surface area contributed by atoms with Gasteiger partial charge in [0.25, 0.3) is 5.56 Å². The highest BCUT2D eigenvalue weighted by Gasteiger charge is 2.13. The quantitative estimate of drug-likeness (QED) is 0.522. The maximum atomic E-state index is 10.9. The Morgan fingerprint density at radius 1 is 1.75 bits per heavy atom. The minimum atomic E-state index is -1.31. The third-order valence-electron chi connectivity index (χ3n) is 1.34. The molecule has 64 valence electrons. The van der Waals surface area contributed by atoms with Crippen LogP contribution in [0, 0.1) is 0 Å². The molecule has 4 N–H and O–H groups in total. The number of nitrogens with zero attached hydrogens (tertiary/aromatic N) is 1. The monoisotopic (exact) mass is 169 g/mol. The summed E-state index contributed by atoms with van der Waals surface area (Å²) < 4.78 is 0. The molecule has 0 saturated carbocycles. The number of rotatable bonds is 2. The Kier molecular flexibility index (Phi) is 2.20. The van der Waals surface area contributed by atoms with Crippen LogP contribution in [-0.2, 0) is 6.54 Å². The van der Waals surface area contributed by atoms with Crippen molar-refractivity contribution in [1.29, 1.82) is 0 Å². The summed E-state index contributed by atoms with van der Waals surface area (Å²) in [4.78, 5) is 27.2. The predicted molar refractivity (Wildman–Crippen MR) is 39.7 cm³/mol. The molecule has 6 heteroatoms. The summed E-state index contributed by atoms with van der Waals surface area (Å²) in [5.74, 6) is -1.31. The molecule has 0 aliphatic rings. The van der Waals surface area contributed by atoms with E-state index in [9.17, 15) is 9.59 Å². The summed E-state index contributed by atoms with van der Waals surface area (Å²) >= 11 is 0. The summed E-state index contributed by atoms with van der Waals surface area (Å²) in [5, 5.41) is 8.56. The number of carbonyl (C=O) groups is 1. The fourth-order valence-electron chi connectivity index (χ4n) is 0.812. The molecule has 1 aromatic rings. The van der Waals surface area contributed by atoms with Crippen LogP contribution in [0.15, 0.2) is 11.1 Å². The van der Waals surface area contributed by atoms with E-state index in [1.807, 2.05) is 0 Å². The lowest BCUT2D eigenvalue weighted by Crippen LogP contribution is -2.22. The van der Waals surface area contributed by atoms with Gasteiger partial charge in [0.2, 0.25) is 0 Å². The molecule has 0 unspecified atom stereocenters. The molecule has 1 aromatic heterocycles. The number of carboxylic acids is 1. The van der Waals surface area contributed by atoms with Crippen LogP contribution in [-0.4, -0.2) is 21.0 Å². The van der Waals surface area contributed by atoms with Gasteiger partial charge in [-0.05, 0) is 0 Å². The molecule has 1 heterocycles. The zero-order chi connectivity index (χ0) is 9.14. The Balaban J connectivity index is 3.40. The maximum Gasteiger partial charge on any atom is 0.343 e. The number of aromatic nitrogens is 2. The van der Waals surface area contributed by atoms with Crippen molar-refractivity contribution in [3.8, 4) is 0 Å². The van der Waals surface area contributed by atoms with Crippen LogP contribution < -0.4 is 11.3 Å². The summed E-state index contributed by atoms with van der Waals surface area (Å²) in [5.41, 5.74) is 4.20. The Morgan fingerprint density at radius 2 is 2.42 bits per heavy atom. The smallest absolute Gasteiger partial charge is 0.343 e. The highest BCUT2D eigenvalue weighted by atomic mass is 16.4. The van der Waals surface area contributed by atoms with Crippen molar-refractivity contribution in [3.05, 3.63) is 27.9 Å². The van der Waals surface area contributed by atoms with Gasteiger partial charge in [0, 0.05) is 6.54 Å². The highest BCUT2D eigenvalue weighted by molar-refractivity contribution is 5.88. The molecule has 0 atom stereocenters. The molecular formula is C6H7N3O3. The Labute approximate surface area is 67.1 Å². The first-order valence-corrected chi connectivity index (χ1v) is 3.16. The van der Waals surface area contributed by atoms with E-state index in [1.165, 1.54) is 0 Å². The molecular weight excluding hydrogens is 162 g/mol. The standard InChI is InChI=1S/C6H7N3O3/c7-1-3-4(6(11)12)5(10)9-2-8-3/h2H,1,7H2,(H,11,12)(H,8,9,10). The molecule has 0 spiro atoms. The Morgan fingerprint density at radius 3 is 2.83 bits per heavy atom. The summed E-state index contributed by atoms with van der Waals surface area (Å²) in [6.07, 6.45) is 1.12. The average Bonchev–Trinajstić information content (AvgIpc) is 2.03. The lowest BCUT2D eigenvalue weighted by atomic mass is 10.2. The van der Waals surface area contributed by atoms with Crippen LogP contribution in [0.2, 0.25) is 0 Å². The third kappa shape index (κ3) is 1.32. The zero-order valence-electron chi connectivity index (χ0n) is 6.07. The van der Waals surface area contributed by atoms with Crippen LogP contribution in [0.4, 0.5) is 0 Å².